The number of nitrogens with zero attached hydrogens (tertiary/aromatic N) is 4. The second-order valence-electron chi connectivity index (χ2n) is 10.4. The Morgan fingerprint density at radius 1 is 1.03 bits per heavy atom. The summed E-state index contributed by atoms with van der Waals surface area (Å²) in [5.41, 5.74) is 4.59. The Labute approximate surface area is 211 Å². The first-order chi connectivity index (χ1) is 17.4. The fraction of sp³-hybridized carbons (Fsp3) is 0.370. The SMILES string of the molecule is C[Si](C)(C)CCOCn1nc(-c2ccnc(N3CCOCC3)c2)c2cc(-c3cc[nH]c(=O)c3)ccc21. The van der Waals surface area contributed by atoms with Crippen molar-refractivity contribution in [3.63, 3.8) is 0 Å². The van der Waals surface area contributed by atoms with Crippen molar-refractivity contribution in [3.05, 3.63) is 65.2 Å². The van der Waals surface area contributed by atoms with Gasteiger partial charge in [0, 0.05) is 57.2 Å². The molecule has 0 aliphatic carbocycles. The minimum atomic E-state index is -1.17. The molecule has 1 N–H and O–H groups in total. The second-order valence-corrected chi connectivity index (χ2v) is 16.0. The van der Waals surface area contributed by atoms with Crippen molar-refractivity contribution in [2.45, 2.75) is 32.4 Å². The van der Waals surface area contributed by atoms with E-state index in [4.69, 9.17) is 14.6 Å². The highest BCUT2D eigenvalue weighted by Gasteiger charge is 2.18. The maximum absolute atomic E-state index is 11.9. The minimum absolute atomic E-state index is 0.122. The Bertz CT molecular complexity index is 1400. The Hall–Kier alpha value is -3.27. The average molecular weight is 504 g/mol. The lowest BCUT2D eigenvalue weighted by molar-refractivity contribution is 0.0818. The first kappa shape index (κ1) is 24.4. The number of rotatable bonds is 8. The summed E-state index contributed by atoms with van der Waals surface area (Å²) in [5, 5.41) is 6.01. The minimum Gasteiger partial charge on any atom is -0.378 e. The topological polar surface area (TPSA) is 85.3 Å². The van der Waals surface area contributed by atoms with E-state index in [1.807, 2.05) is 29.1 Å². The summed E-state index contributed by atoms with van der Waals surface area (Å²) in [4.78, 5) is 21.5. The summed E-state index contributed by atoms with van der Waals surface area (Å²) in [7, 11) is -1.17. The number of pyridine rings is 2. The number of hydrogen-bond acceptors (Lipinski definition) is 6. The van der Waals surface area contributed by atoms with Crippen LogP contribution in [0.1, 0.15) is 0 Å². The molecule has 8 nitrogen and oxygen atoms in total. The quantitative estimate of drug-likeness (QED) is 0.279. The molecule has 1 aliphatic heterocycles. The van der Waals surface area contributed by atoms with Crippen molar-refractivity contribution in [2.24, 2.45) is 0 Å². The number of hydrogen-bond donors (Lipinski definition) is 1. The number of benzene rings is 1. The molecule has 1 saturated heterocycles. The van der Waals surface area contributed by atoms with Gasteiger partial charge in [0.1, 0.15) is 18.2 Å². The van der Waals surface area contributed by atoms with E-state index >= 15 is 0 Å². The Balaban J connectivity index is 1.54. The van der Waals surface area contributed by atoms with Crippen molar-refractivity contribution < 1.29 is 9.47 Å². The smallest absolute Gasteiger partial charge is 0.248 e. The summed E-state index contributed by atoms with van der Waals surface area (Å²) in [6.45, 7) is 11.2. The lowest BCUT2D eigenvalue weighted by Gasteiger charge is -2.27. The number of aromatic amines is 1. The molecule has 4 heterocycles. The third-order valence-electron chi connectivity index (χ3n) is 6.42. The van der Waals surface area contributed by atoms with Gasteiger partial charge in [-0.05, 0) is 47.5 Å². The van der Waals surface area contributed by atoms with Crippen LogP contribution in [0.25, 0.3) is 33.3 Å². The van der Waals surface area contributed by atoms with Gasteiger partial charge in [-0.1, -0.05) is 25.7 Å². The van der Waals surface area contributed by atoms with Gasteiger partial charge in [-0.2, -0.15) is 5.10 Å². The van der Waals surface area contributed by atoms with Crippen LogP contribution >= 0.6 is 0 Å². The average Bonchev–Trinajstić information content (AvgIpc) is 3.24. The van der Waals surface area contributed by atoms with E-state index in [-0.39, 0.29) is 5.56 Å². The maximum Gasteiger partial charge on any atom is 0.248 e. The molecule has 0 saturated carbocycles. The molecule has 9 heteroatoms. The molecule has 5 rings (SSSR count). The van der Waals surface area contributed by atoms with Gasteiger partial charge in [0.25, 0.3) is 0 Å². The molecule has 0 radical (unpaired) electrons. The summed E-state index contributed by atoms with van der Waals surface area (Å²) in [6.07, 6.45) is 3.52. The fourth-order valence-corrected chi connectivity index (χ4v) is 5.11. The highest BCUT2D eigenvalue weighted by Crippen LogP contribution is 2.33. The summed E-state index contributed by atoms with van der Waals surface area (Å²) in [5.74, 6) is 0.927. The molecule has 0 bridgehead atoms. The van der Waals surface area contributed by atoms with E-state index < -0.39 is 8.07 Å². The van der Waals surface area contributed by atoms with Crippen LogP contribution in [0, 0.1) is 0 Å². The zero-order valence-corrected chi connectivity index (χ0v) is 22.2. The number of morpholine rings is 1. The van der Waals surface area contributed by atoms with Gasteiger partial charge in [0.05, 0.1) is 18.7 Å². The van der Waals surface area contributed by atoms with Gasteiger partial charge >= 0.3 is 0 Å². The monoisotopic (exact) mass is 503 g/mol. The number of fused-ring (bicyclic) bond motifs is 1. The van der Waals surface area contributed by atoms with Crippen LogP contribution in [0.5, 0.6) is 0 Å². The molecular weight excluding hydrogens is 470 g/mol. The van der Waals surface area contributed by atoms with Crippen molar-refractivity contribution in [3.8, 4) is 22.4 Å². The fourth-order valence-electron chi connectivity index (χ4n) is 4.36. The summed E-state index contributed by atoms with van der Waals surface area (Å²) >= 11 is 0. The standard InChI is InChI=1S/C27H33N5O3Si/c1-36(2,3)15-14-35-19-32-24-5-4-20(21-6-9-29-26(33)18-21)16-23(24)27(30-32)22-7-8-28-25(17-22)31-10-12-34-13-11-31/h4-9,16-18H,10-15,19H2,1-3H3,(H,29,33). The van der Waals surface area contributed by atoms with Crippen LogP contribution in [0.4, 0.5) is 5.82 Å². The van der Waals surface area contributed by atoms with Crippen molar-refractivity contribution in [1.29, 1.82) is 0 Å². The third kappa shape index (κ3) is 5.58. The van der Waals surface area contributed by atoms with E-state index in [0.717, 1.165) is 64.8 Å². The molecular formula is C27H33N5O3Si. The number of anilines is 1. The van der Waals surface area contributed by atoms with Gasteiger partial charge in [-0.25, -0.2) is 9.67 Å². The van der Waals surface area contributed by atoms with Crippen molar-refractivity contribution >= 4 is 24.8 Å². The normalized spacial score (nSPS) is 14.5. The first-order valence-electron chi connectivity index (χ1n) is 12.4. The molecule has 188 valence electrons. The van der Waals surface area contributed by atoms with Crippen LogP contribution in [0.2, 0.25) is 25.7 Å². The molecule has 0 unspecified atom stereocenters. The van der Waals surface area contributed by atoms with E-state index in [9.17, 15) is 4.79 Å². The Morgan fingerprint density at radius 3 is 2.61 bits per heavy atom. The highest BCUT2D eigenvalue weighted by atomic mass is 28.3. The van der Waals surface area contributed by atoms with E-state index in [2.05, 4.69) is 52.7 Å². The van der Waals surface area contributed by atoms with Gasteiger partial charge in [0.15, 0.2) is 0 Å². The number of aromatic nitrogens is 4. The van der Waals surface area contributed by atoms with E-state index in [1.54, 1.807) is 12.3 Å². The maximum atomic E-state index is 11.9. The van der Waals surface area contributed by atoms with Crippen LogP contribution < -0.4 is 10.5 Å². The molecule has 0 spiro atoms. The predicted molar refractivity (Wildman–Crippen MR) is 146 cm³/mol. The van der Waals surface area contributed by atoms with Crippen LogP contribution in [0.15, 0.2) is 59.7 Å². The van der Waals surface area contributed by atoms with Gasteiger partial charge in [-0.15, -0.1) is 0 Å². The van der Waals surface area contributed by atoms with Gasteiger partial charge in [0.2, 0.25) is 5.56 Å². The lowest BCUT2D eigenvalue weighted by Crippen LogP contribution is -2.36. The summed E-state index contributed by atoms with van der Waals surface area (Å²) in [6, 6.07) is 15.0. The molecule has 1 aliphatic rings. The van der Waals surface area contributed by atoms with Crippen LogP contribution in [0.3, 0.4) is 0 Å². The third-order valence-corrected chi connectivity index (χ3v) is 8.13. The van der Waals surface area contributed by atoms with Gasteiger partial charge in [-0.3, -0.25) is 4.79 Å². The van der Waals surface area contributed by atoms with E-state index in [0.29, 0.717) is 19.9 Å². The Morgan fingerprint density at radius 2 is 1.83 bits per heavy atom. The molecule has 0 atom stereocenters. The Kier molecular flexibility index (Phi) is 7.04. The zero-order chi connectivity index (χ0) is 25.1. The van der Waals surface area contributed by atoms with Crippen molar-refractivity contribution in [2.75, 3.05) is 37.8 Å². The zero-order valence-electron chi connectivity index (χ0n) is 21.2. The predicted octanol–water partition coefficient (Wildman–Crippen LogP) is 4.60. The van der Waals surface area contributed by atoms with E-state index in [1.165, 1.54) is 0 Å². The molecule has 0 amide bonds. The van der Waals surface area contributed by atoms with Crippen molar-refractivity contribution in [1.82, 2.24) is 19.7 Å². The number of nitrogens with one attached hydrogen (secondary N) is 1. The number of H-pyrrole nitrogens is 1. The molecule has 1 aromatic carbocycles. The highest BCUT2D eigenvalue weighted by molar-refractivity contribution is 6.76. The van der Waals surface area contributed by atoms with Crippen LogP contribution in [-0.4, -0.2) is 60.7 Å². The van der Waals surface area contributed by atoms with Gasteiger partial charge < -0.3 is 19.4 Å². The largest absolute Gasteiger partial charge is 0.378 e. The second kappa shape index (κ2) is 10.4. The summed E-state index contributed by atoms with van der Waals surface area (Å²) < 4.78 is 13.5. The molecule has 4 aromatic rings. The lowest BCUT2D eigenvalue weighted by atomic mass is 10.0. The first-order valence-corrected chi connectivity index (χ1v) is 16.1. The van der Waals surface area contributed by atoms with Crippen LogP contribution in [-0.2, 0) is 16.2 Å². The molecule has 36 heavy (non-hydrogen) atoms. The molecule has 3 aromatic heterocycles. The number of ether oxygens (including phenoxy) is 2. The molecule has 1 fully saturated rings.